The topological polar surface area (TPSA) is 105 Å². The number of rotatable bonds is 6. The van der Waals surface area contributed by atoms with Crippen LogP contribution in [0, 0.1) is 5.92 Å². The smallest absolute Gasteiger partial charge is 0.407 e. The summed E-state index contributed by atoms with van der Waals surface area (Å²) in [6.07, 6.45) is -0.842. The van der Waals surface area contributed by atoms with Crippen molar-refractivity contribution in [3.8, 4) is 0 Å². The minimum atomic E-state index is -1.25. The van der Waals surface area contributed by atoms with Crippen LogP contribution >= 0.6 is 11.3 Å². The first kappa shape index (κ1) is 23.1. The number of piperidine rings is 1. The van der Waals surface area contributed by atoms with Crippen LogP contribution in [0.3, 0.4) is 0 Å². The molecule has 31 heavy (non-hydrogen) atoms. The molecule has 0 bridgehead atoms. The summed E-state index contributed by atoms with van der Waals surface area (Å²) in [5, 5.41) is 4.43. The van der Waals surface area contributed by atoms with E-state index in [1.54, 1.807) is 25.8 Å². The third kappa shape index (κ3) is 4.53. The van der Waals surface area contributed by atoms with Crippen LogP contribution in [-0.2, 0) is 30.3 Å². The molecule has 170 valence electrons. The number of hydrogen-bond donors (Lipinski definition) is 1. The molecule has 2 atom stereocenters. The number of carbonyl (C=O) groups is 4. The van der Waals surface area contributed by atoms with Gasteiger partial charge in [-0.05, 0) is 38.1 Å². The maximum atomic E-state index is 13.0. The Hall–Kier alpha value is -2.62. The molecule has 2 aliphatic rings. The third-order valence-electron chi connectivity index (χ3n) is 6.11. The Kier molecular flexibility index (Phi) is 7.19. The predicted molar refractivity (Wildman–Crippen MR) is 113 cm³/mol. The fraction of sp³-hybridized carbons (Fsp3) is 0.619. The Labute approximate surface area is 185 Å². The molecule has 3 heterocycles. The maximum absolute atomic E-state index is 13.0. The van der Waals surface area contributed by atoms with E-state index in [4.69, 9.17) is 9.47 Å². The Morgan fingerprint density at radius 3 is 2.55 bits per heavy atom. The molecule has 1 N–H and O–H groups in total. The lowest BCUT2D eigenvalue weighted by atomic mass is 9.76. The number of hydrogen-bond acceptors (Lipinski definition) is 7. The molecule has 2 aliphatic heterocycles. The van der Waals surface area contributed by atoms with Gasteiger partial charge in [-0.3, -0.25) is 14.4 Å². The molecule has 1 spiro atoms. The summed E-state index contributed by atoms with van der Waals surface area (Å²) in [6, 6.07) is 3.84. The summed E-state index contributed by atoms with van der Waals surface area (Å²) in [5.41, 5.74) is -0.861. The standard InChI is InChI=1S/C21H29N3O6S/c1-4-22-20(28)30-17-16(19(27)29-5-2)21(23(3)18(17)26)8-10-24(11-9-21)15(25)13-14-7-6-12-31-14/h6-7,12,16-17H,4-5,8-11,13H2,1-3H3,(H,22,28)/t16-,17+/m0/s1. The van der Waals surface area contributed by atoms with Crippen molar-refractivity contribution in [3.05, 3.63) is 22.4 Å². The lowest BCUT2D eigenvalue weighted by Gasteiger charge is -2.45. The van der Waals surface area contributed by atoms with Crippen LogP contribution in [0.5, 0.6) is 0 Å². The van der Waals surface area contributed by atoms with Crippen LogP contribution < -0.4 is 5.32 Å². The summed E-state index contributed by atoms with van der Waals surface area (Å²) in [4.78, 5) is 54.9. The number of nitrogens with zero attached hydrogens (tertiary/aromatic N) is 2. The van der Waals surface area contributed by atoms with Gasteiger partial charge in [-0.2, -0.15) is 0 Å². The van der Waals surface area contributed by atoms with Crippen molar-refractivity contribution in [1.82, 2.24) is 15.1 Å². The third-order valence-corrected chi connectivity index (χ3v) is 6.98. The second-order valence-corrected chi connectivity index (χ2v) is 8.76. The normalized spacial score (nSPS) is 22.5. The number of alkyl carbamates (subject to hydrolysis) is 1. The highest BCUT2D eigenvalue weighted by Crippen LogP contribution is 2.44. The fourth-order valence-corrected chi connectivity index (χ4v) is 5.20. The largest absolute Gasteiger partial charge is 0.466 e. The average molecular weight is 452 g/mol. The quantitative estimate of drug-likeness (QED) is 0.656. The molecule has 9 nitrogen and oxygen atoms in total. The minimum Gasteiger partial charge on any atom is -0.466 e. The van der Waals surface area contributed by atoms with Crippen LogP contribution in [0.4, 0.5) is 4.79 Å². The zero-order valence-corrected chi connectivity index (χ0v) is 18.9. The van der Waals surface area contributed by atoms with Gasteiger partial charge in [0.15, 0.2) is 6.10 Å². The van der Waals surface area contributed by atoms with E-state index in [-0.39, 0.29) is 12.5 Å². The second-order valence-electron chi connectivity index (χ2n) is 7.72. The van der Waals surface area contributed by atoms with Crippen LogP contribution in [-0.4, -0.2) is 78.6 Å². The van der Waals surface area contributed by atoms with E-state index in [1.165, 1.54) is 16.2 Å². The maximum Gasteiger partial charge on any atom is 0.407 e. The Morgan fingerprint density at radius 1 is 1.26 bits per heavy atom. The van der Waals surface area contributed by atoms with Crippen molar-refractivity contribution < 1.29 is 28.7 Å². The number of ether oxygens (including phenoxy) is 2. The number of nitrogens with one attached hydrogen (secondary N) is 1. The Balaban J connectivity index is 1.78. The van der Waals surface area contributed by atoms with E-state index in [9.17, 15) is 19.2 Å². The molecule has 0 aliphatic carbocycles. The predicted octanol–water partition coefficient (Wildman–Crippen LogP) is 1.42. The van der Waals surface area contributed by atoms with Crippen molar-refractivity contribution in [2.24, 2.45) is 5.92 Å². The minimum absolute atomic E-state index is 0.0204. The SMILES string of the molecule is CCNC(=O)O[C@H]1C(=O)N(C)C2(CCN(C(=O)Cc3cccs3)CC2)[C@@H]1C(=O)OCC. The Bertz CT molecular complexity index is 819. The van der Waals surface area contributed by atoms with Crippen LogP contribution in [0.25, 0.3) is 0 Å². The number of amides is 3. The van der Waals surface area contributed by atoms with E-state index in [0.29, 0.717) is 38.9 Å². The van der Waals surface area contributed by atoms with Gasteiger partial charge in [-0.1, -0.05) is 6.07 Å². The Morgan fingerprint density at radius 2 is 1.97 bits per heavy atom. The highest BCUT2D eigenvalue weighted by atomic mass is 32.1. The van der Waals surface area contributed by atoms with Crippen LogP contribution in [0.15, 0.2) is 17.5 Å². The van der Waals surface area contributed by atoms with Gasteiger partial charge in [0.2, 0.25) is 5.91 Å². The number of likely N-dealkylation sites (tertiary alicyclic amines) is 2. The first-order valence-corrected chi connectivity index (χ1v) is 11.4. The summed E-state index contributed by atoms with van der Waals surface area (Å²) in [7, 11) is 1.62. The number of likely N-dealkylation sites (N-methyl/N-ethyl adjacent to an activating group) is 1. The first-order chi connectivity index (χ1) is 14.8. The average Bonchev–Trinajstić information content (AvgIpc) is 3.31. The van der Waals surface area contributed by atoms with Crippen molar-refractivity contribution in [1.29, 1.82) is 0 Å². The van der Waals surface area contributed by atoms with Crippen molar-refractivity contribution in [2.75, 3.05) is 33.3 Å². The van der Waals surface area contributed by atoms with Gasteiger partial charge in [-0.25, -0.2) is 4.79 Å². The molecule has 0 aromatic carbocycles. The van der Waals surface area contributed by atoms with E-state index >= 15 is 0 Å². The van der Waals surface area contributed by atoms with Crippen molar-refractivity contribution in [3.63, 3.8) is 0 Å². The van der Waals surface area contributed by atoms with E-state index in [2.05, 4.69) is 5.32 Å². The molecule has 0 saturated carbocycles. The highest BCUT2D eigenvalue weighted by Gasteiger charge is 2.63. The van der Waals surface area contributed by atoms with Crippen molar-refractivity contribution in [2.45, 2.75) is 44.8 Å². The monoisotopic (exact) mass is 451 g/mol. The van der Waals surface area contributed by atoms with Gasteiger partial charge in [0, 0.05) is 31.6 Å². The number of esters is 1. The fourth-order valence-electron chi connectivity index (χ4n) is 4.50. The molecule has 3 amide bonds. The van der Waals surface area contributed by atoms with Crippen molar-refractivity contribution >= 4 is 35.2 Å². The molecule has 2 saturated heterocycles. The molecule has 10 heteroatoms. The lowest BCUT2D eigenvalue weighted by Crippen LogP contribution is -2.57. The van der Waals surface area contributed by atoms with E-state index in [1.807, 2.05) is 17.5 Å². The lowest BCUT2D eigenvalue weighted by molar-refractivity contribution is -0.156. The molecule has 1 aromatic rings. The second kappa shape index (κ2) is 9.67. The molecule has 2 fully saturated rings. The van der Waals surface area contributed by atoms with E-state index in [0.717, 1.165) is 4.88 Å². The highest BCUT2D eigenvalue weighted by molar-refractivity contribution is 7.10. The van der Waals surface area contributed by atoms with Gasteiger partial charge < -0.3 is 24.6 Å². The molecule has 1 aromatic heterocycles. The molecular weight excluding hydrogens is 422 g/mol. The van der Waals surface area contributed by atoms with Gasteiger partial charge in [0.25, 0.3) is 5.91 Å². The zero-order chi connectivity index (χ0) is 22.6. The van der Waals surface area contributed by atoms with Gasteiger partial charge in [0.1, 0.15) is 5.92 Å². The van der Waals surface area contributed by atoms with Gasteiger partial charge in [-0.15, -0.1) is 11.3 Å². The summed E-state index contributed by atoms with van der Waals surface area (Å²) in [5.74, 6) is -1.91. The number of carbonyl (C=O) groups excluding carboxylic acids is 4. The van der Waals surface area contributed by atoms with Gasteiger partial charge >= 0.3 is 12.1 Å². The molecule has 0 radical (unpaired) electrons. The molecule has 3 rings (SSSR count). The van der Waals surface area contributed by atoms with Crippen LogP contribution in [0.2, 0.25) is 0 Å². The van der Waals surface area contributed by atoms with Crippen LogP contribution in [0.1, 0.15) is 31.6 Å². The summed E-state index contributed by atoms with van der Waals surface area (Å²) in [6.45, 7) is 4.74. The molecular formula is C21H29N3O6S. The summed E-state index contributed by atoms with van der Waals surface area (Å²) >= 11 is 1.54. The van der Waals surface area contributed by atoms with Gasteiger partial charge in [0.05, 0.1) is 18.6 Å². The van der Waals surface area contributed by atoms with E-state index < -0.39 is 35.5 Å². The zero-order valence-electron chi connectivity index (χ0n) is 18.1. The number of thiophene rings is 1. The molecule has 0 unspecified atom stereocenters. The summed E-state index contributed by atoms with van der Waals surface area (Å²) < 4.78 is 10.6. The first-order valence-electron chi connectivity index (χ1n) is 10.5.